The minimum absolute atomic E-state index is 0.127. The Kier molecular flexibility index (Phi) is 5.58. The van der Waals surface area contributed by atoms with Gasteiger partial charge in [-0.3, -0.25) is 0 Å². The summed E-state index contributed by atoms with van der Waals surface area (Å²) in [6.45, 7) is 1.53. The van der Waals surface area contributed by atoms with Crippen LogP contribution in [0.5, 0.6) is 0 Å². The van der Waals surface area contributed by atoms with Gasteiger partial charge in [-0.1, -0.05) is 17.7 Å². The first kappa shape index (κ1) is 20.7. The van der Waals surface area contributed by atoms with Crippen molar-refractivity contribution in [3.63, 3.8) is 0 Å². The molecule has 0 aliphatic rings. The first-order valence-corrected chi connectivity index (χ1v) is 10.1. The zero-order valence-electron chi connectivity index (χ0n) is 15.4. The Morgan fingerprint density at radius 2 is 2.00 bits per heavy atom. The van der Waals surface area contributed by atoms with E-state index in [0.29, 0.717) is 5.56 Å². The number of carbonyl (C=O) groups is 1. The van der Waals surface area contributed by atoms with Gasteiger partial charge >= 0.3 is 6.09 Å². The van der Waals surface area contributed by atoms with Gasteiger partial charge in [0.15, 0.2) is 5.03 Å². The van der Waals surface area contributed by atoms with E-state index in [1.54, 1.807) is 6.92 Å². The summed E-state index contributed by atoms with van der Waals surface area (Å²) in [4.78, 5) is 15.7. The molecule has 8 nitrogen and oxygen atoms in total. The smallest absolute Gasteiger partial charge is 0.407 e. The predicted octanol–water partition coefficient (Wildman–Crippen LogP) is 3.31. The van der Waals surface area contributed by atoms with Crippen LogP contribution in [0.25, 0.3) is 5.69 Å². The SMILES string of the molecule is Cc1ccc(F)cc1-n1nc(CN(C)C(=O)O)cc1S(=O)(=O)c1ccc(Cl)nc1. The van der Waals surface area contributed by atoms with Gasteiger partial charge in [0.1, 0.15) is 11.0 Å². The van der Waals surface area contributed by atoms with E-state index < -0.39 is 21.7 Å². The molecule has 0 atom stereocenters. The predicted molar refractivity (Wildman–Crippen MR) is 102 cm³/mol. The van der Waals surface area contributed by atoms with E-state index in [2.05, 4.69) is 10.1 Å². The Bertz CT molecular complexity index is 1180. The van der Waals surface area contributed by atoms with Crippen molar-refractivity contribution in [1.29, 1.82) is 0 Å². The van der Waals surface area contributed by atoms with Crippen LogP contribution in [-0.2, 0) is 16.4 Å². The lowest BCUT2D eigenvalue weighted by Crippen LogP contribution is -2.24. The summed E-state index contributed by atoms with van der Waals surface area (Å²) in [7, 11) is -2.78. The lowest BCUT2D eigenvalue weighted by atomic mass is 10.2. The van der Waals surface area contributed by atoms with Crippen LogP contribution in [0.2, 0.25) is 5.15 Å². The van der Waals surface area contributed by atoms with Gasteiger partial charge in [-0.05, 0) is 36.8 Å². The number of rotatable bonds is 5. The van der Waals surface area contributed by atoms with Crippen LogP contribution in [-0.4, -0.2) is 46.3 Å². The second-order valence-electron chi connectivity index (χ2n) is 6.28. The van der Waals surface area contributed by atoms with Crippen molar-refractivity contribution in [2.24, 2.45) is 0 Å². The van der Waals surface area contributed by atoms with Crippen molar-refractivity contribution < 1.29 is 22.7 Å². The molecule has 0 bridgehead atoms. The van der Waals surface area contributed by atoms with Crippen LogP contribution in [0.3, 0.4) is 0 Å². The van der Waals surface area contributed by atoms with Crippen molar-refractivity contribution in [1.82, 2.24) is 19.7 Å². The standard InChI is InChI=1S/C18H16ClFN4O4S/c1-11-3-4-12(20)7-15(11)24-17(8-13(22-24)10-23(2)18(25)26)29(27,28)14-5-6-16(19)21-9-14/h3-9H,10H2,1-2H3,(H,25,26). The number of benzene rings is 1. The molecule has 3 aromatic rings. The lowest BCUT2D eigenvalue weighted by molar-refractivity contribution is 0.153. The molecule has 2 aromatic heterocycles. The zero-order chi connectivity index (χ0) is 21.3. The summed E-state index contributed by atoms with van der Waals surface area (Å²) < 4.78 is 41.3. The summed E-state index contributed by atoms with van der Waals surface area (Å²) in [5.74, 6) is -0.568. The van der Waals surface area contributed by atoms with Crippen molar-refractivity contribution >= 4 is 27.5 Å². The average Bonchev–Trinajstić information content (AvgIpc) is 3.08. The molecular weight excluding hydrogens is 423 g/mol. The fourth-order valence-electron chi connectivity index (χ4n) is 2.61. The second-order valence-corrected chi connectivity index (χ2v) is 8.56. The van der Waals surface area contributed by atoms with Gasteiger partial charge in [0.25, 0.3) is 0 Å². The molecule has 0 saturated heterocycles. The van der Waals surface area contributed by atoms with Crippen LogP contribution >= 0.6 is 11.6 Å². The third-order valence-corrected chi connectivity index (χ3v) is 6.07. The van der Waals surface area contributed by atoms with E-state index in [0.717, 1.165) is 21.8 Å². The van der Waals surface area contributed by atoms with Crippen LogP contribution in [0, 0.1) is 12.7 Å². The Morgan fingerprint density at radius 1 is 1.28 bits per heavy atom. The normalized spacial score (nSPS) is 11.4. The van der Waals surface area contributed by atoms with E-state index in [9.17, 15) is 17.6 Å². The van der Waals surface area contributed by atoms with Crippen LogP contribution in [0.1, 0.15) is 11.3 Å². The van der Waals surface area contributed by atoms with Gasteiger partial charge in [-0.15, -0.1) is 0 Å². The molecule has 1 N–H and O–H groups in total. The molecule has 0 unspecified atom stereocenters. The molecular formula is C18H16ClFN4O4S. The molecule has 29 heavy (non-hydrogen) atoms. The number of aromatic nitrogens is 3. The summed E-state index contributed by atoms with van der Waals surface area (Å²) in [5, 5.41) is 13.2. The summed E-state index contributed by atoms with van der Waals surface area (Å²) in [6, 6.07) is 7.79. The quantitative estimate of drug-likeness (QED) is 0.612. The van der Waals surface area contributed by atoms with Gasteiger partial charge in [-0.2, -0.15) is 5.10 Å². The highest BCUT2D eigenvalue weighted by atomic mass is 35.5. The van der Waals surface area contributed by atoms with E-state index in [4.69, 9.17) is 16.7 Å². The minimum Gasteiger partial charge on any atom is -0.465 e. The molecule has 3 rings (SSSR count). The molecule has 0 aliphatic carbocycles. The summed E-state index contributed by atoms with van der Waals surface area (Å²) in [5.41, 5.74) is 0.979. The van der Waals surface area contributed by atoms with E-state index in [-0.39, 0.29) is 33.0 Å². The Balaban J connectivity index is 2.21. The number of sulfone groups is 1. The van der Waals surface area contributed by atoms with Crippen LogP contribution in [0.15, 0.2) is 52.5 Å². The molecule has 0 saturated carbocycles. The molecule has 11 heteroatoms. The van der Waals surface area contributed by atoms with Gasteiger partial charge in [-0.25, -0.2) is 27.3 Å². The Morgan fingerprint density at radius 3 is 2.62 bits per heavy atom. The van der Waals surface area contributed by atoms with Gasteiger partial charge in [0.05, 0.1) is 22.8 Å². The van der Waals surface area contributed by atoms with E-state index >= 15 is 0 Å². The molecule has 0 aliphatic heterocycles. The Labute approximate surface area is 171 Å². The van der Waals surface area contributed by atoms with Gasteiger partial charge in [0.2, 0.25) is 9.84 Å². The number of amides is 1. The molecule has 1 amide bonds. The number of halogens is 2. The highest BCUT2D eigenvalue weighted by Gasteiger charge is 2.27. The van der Waals surface area contributed by atoms with Crippen LogP contribution in [0.4, 0.5) is 9.18 Å². The van der Waals surface area contributed by atoms with Gasteiger partial charge < -0.3 is 10.0 Å². The molecule has 0 radical (unpaired) electrons. The molecule has 0 fully saturated rings. The van der Waals surface area contributed by atoms with Gasteiger partial charge in [0, 0.05) is 19.3 Å². The maximum atomic E-state index is 13.9. The number of carboxylic acid groups (broad SMARTS) is 1. The molecule has 1 aromatic carbocycles. The van der Waals surface area contributed by atoms with Crippen molar-refractivity contribution in [2.45, 2.75) is 23.4 Å². The number of nitrogens with zero attached hydrogens (tertiary/aromatic N) is 4. The third kappa shape index (κ3) is 4.22. The van der Waals surface area contributed by atoms with E-state index in [1.165, 1.54) is 37.4 Å². The summed E-state index contributed by atoms with van der Waals surface area (Å²) >= 11 is 5.74. The van der Waals surface area contributed by atoms with Crippen molar-refractivity contribution in [3.05, 3.63) is 64.8 Å². The van der Waals surface area contributed by atoms with Crippen molar-refractivity contribution in [3.8, 4) is 5.69 Å². The number of hydrogen-bond acceptors (Lipinski definition) is 5. The second kappa shape index (κ2) is 7.80. The van der Waals surface area contributed by atoms with E-state index in [1.807, 2.05) is 0 Å². The molecule has 2 heterocycles. The average molecular weight is 439 g/mol. The highest BCUT2D eigenvalue weighted by Crippen LogP contribution is 2.27. The monoisotopic (exact) mass is 438 g/mol. The van der Waals surface area contributed by atoms with Crippen molar-refractivity contribution in [2.75, 3.05) is 7.05 Å². The highest BCUT2D eigenvalue weighted by molar-refractivity contribution is 7.91. The molecule has 152 valence electrons. The number of hydrogen-bond donors (Lipinski definition) is 1. The largest absolute Gasteiger partial charge is 0.465 e. The minimum atomic E-state index is -4.11. The fourth-order valence-corrected chi connectivity index (χ4v) is 4.06. The fraction of sp³-hybridized carbons (Fsp3) is 0.167. The molecule has 0 spiro atoms. The maximum Gasteiger partial charge on any atom is 0.407 e. The lowest BCUT2D eigenvalue weighted by Gasteiger charge is -2.11. The third-order valence-electron chi connectivity index (χ3n) is 4.14. The maximum absolute atomic E-state index is 13.9. The summed E-state index contributed by atoms with van der Waals surface area (Å²) in [6.07, 6.45) is -0.0935. The first-order valence-electron chi connectivity index (χ1n) is 8.26. The topological polar surface area (TPSA) is 105 Å². The van der Waals surface area contributed by atoms with Crippen LogP contribution < -0.4 is 0 Å². The Hall–Kier alpha value is -2.98. The number of pyridine rings is 1. The zero-order valence-corrected chi connectivity index (χ0v) is 16.9. The first-order chi connectivity index (χ1) is 13.6. The number of aryl methyl sites for hydroxylation is 1.